The van der Waals surface area contributed by atoms with Gasteiger partial charge in [-0.05, 0) is 24.6 Å². The molecule has 0 saturated heterocycles. The maximum Gasteiger partial charge on any atom is 0.315 e. The summed E-state index contributed by atoms with van der Waals surface area (Å²) in [5.74, 6) is -2.92. The average molecular weight is 292 g/mol. The number of amides is 2. The molecule has 2 amide bonds. The molecule has 114 valence electrons. The smallest absolute Gasteiger partial charge is 0.315 e. The first-order chi connectivity index (χ1) is 9.81. The van der Waals surface area contributed by atoms with Crippen LogP contribution in [0.4, 0.5) is 5.69 Å². The molecule has 1 atom stereocenters. The molecular weight excluding hydrogens is 272 g/mol. The highest BCUT2D eigenvalue weighted by Crippen LogP contribution is 2.11. The van der Waals surface area contributed by atoms with Gasteiger partial charge in [0, 0.05) is 18.2 Å². The van der Waals surface area contributed by atoms with E-state index in [9.17, 15) is 14.4 Å². The number of carbonyl (C=O) groups excluding carboxylic acids is 2. The van der Waals surface area contributed by atoms with Crippen molar-refractivity contribution < 1.29 is 19.5 Å². The number of hydrogen-bond donors (Lipinski definition) is 3. The molecule has 0 aromatic heterocycles. The van der Waals surface area contributed by atoms with Crippen LogP contribution in [0.25, 0.3) is 0 Å². The van der Waals surface area contributed by atoms with Crippen LogP contribution >= 0.6 is 0 Å². The van der Waals surface area contributed by atoms with Gasteiger partial charge in [-0.15, -0.1) is 0 Å². The molecule has 3 N–H and O–H groups in total. The molecular formula is C15H20N2O4. The van der Waals surface area contributed by atoms with E-state index in [0.29, 0.717) is 5.69 Å². The van der Waals surface area contributed by atoms with Gasteiger partial charge in [0.2, 0.25) is 11.8 Å². The Balaban J connectivity index is 2.53. The fourth-order valence-corrected chi connectivity index (χ4v) is 1.45. The van der Waals surface area contributed by atoms with Gasteiger partial charge in [0.1, 0.15) is 5.92 Å². The number of carboxylic acids is 1. The lowest BCUT2D eigenvalue weighted by atomic mass is 10.1. The number of anilines is 1. The van der Waals surface area contributed by atoms with Crippen LogP contribution in [0, 0.1) is 11.8 Å². The zero-order valence-corrected chi connectivity index (χ0v) is 12.3. The maximum absolute atomic E-state index is 11.5. The summed E-state index contributed by atoms with van der Waals surface area (Å²) in [5.41, 5.74) is 1.51. The molecule has 0 bridgehead atoms. The van der Waals surface area contributed by atoms with Crippen LogP contribution in [0.15, 0.2) is 24.3 Å². The van der Waals surface area contributed by atoms with Gasteiger partial charge < -0.3 is 15.7 Å². The van der Waals surface area contributed by atoms with Gasteiger partial charge in [-0.3, -0.25) is 14.4 Å². The van der Waals surface area contributed by atoms with Crippen LogP contribution in [0.1, 0.15) is 26.3 Å². The van der Waals surface area contributed by atoms with E-state index in [-0.39, 0.29) is 18.4 Å². The van der Waals surface area contributed by atoms with E-state index in [1.54, 1.807) is 24.3 Å². The summed E-state index contributed by atoms with van der Waals surface area (Å²) in [5, 5.41) is 14.0. The van der Waals surface area contributed by atoms with Crippen molar-refractivity contribution in [1.82, 2.24) is 5.32 Å². The summed E-state index contributed by atoms with van der Waals surface area (Å²) < 4.78 is 0. The monoisotopic (exact) mass is 292 g/mol. The first-order valence-corrected chi connectivity index (χ1v) is 6.71. The third-order valence-corrected chi connectivity index (χ3v) is 2.98. The molecule has 0 fully saturated rings. The van der Waals surface area contributed by atoms with Crippen LogP contribution in [-0.2, 0) is 20.9 Å². The van der Waals surface area contributed by atoms with Gasteiger partial charge in [-0.25, -0.2) is 0 Å². The molecule has 1 aromatic rings. The van der Waals surface area contributed by atoms with Gasteiger partial charge in [0.25, 0.3) is 0 Å². The molecule has 0 heterocycles. The second kappa shape index (κ2) is 7.42. The summed E-state index contributed by atoms with van der Waals surface area (Å²) in [4.78, 5) is 33.7. The molecule has 1 rings (SSSR count). The third kappa shape index (κ3) is 5.25. The van der Waals surface area contributed by atoms with Crippen LogP contribution in [-0.4, -0.2) is 22.9 Å². The molecule has 0 aliphatic rings. The second-order valence-electron chi connectivity index (χ2n) is 5.12. The Morgan fingerprint density at radius 3 is 2.10 bits per heavy atom. The van der Waals surface area contributed by atoms with E-state index in [2.05, 4.69) is 10.6 Å². The van der Waals surface area contributed by atoms with E-state index >= 15 is 0 Å². The zero-order valence-electron chi connectivity index (χ0n) is 12.3. The van der Waals surface area contributed by atoms with Gasteiger partial charge >= 0.3 is 5.97 Å². The van der Waals surface area contributed by atoms with Crippen LogP contribution < -0.4 is 10.6 Å². The Bertz CT molecular complexity index is 523. The lowest BCUT2D eigenvalue weighted by molar-refractivity contribution is -0.146. The number of aliphatic carboxylic acids is 1. The zero-order chi connectivity index (χ0) is 16.0. The summed E-state index contributed by atoms with van der Waals surface area (Å²) >= 11 is 0. The minimum atomic E-state index is -1.15. The lowest BCUT2D eigenvalue weighted by Gasteiger charge is -2.10. The maximum atomic E-state index is 11.5. The highest BCUT2D eigenvalue weighted by atomic mass is 16.4. The van der Waals surface area contributed by atoms with E-state index in [0.717, 1.165) is 5.56 Å². The van der Waals surface area contributed by atoms with Gasteiger partial charge in [-0.2, -0.15) is 0 Å². The number of benzene rings is 1. The van der Waals surface area contributed by atoms with Crippen LogP contribution in [0.2, 0.25) is 0 Å². The molecule has 1 aromatic carbocycles. The fraction of sp³-hybridized carbons (Fsp3) is 0.400. The minimum Gasteiger partial charge on any atom is -0.481 e. The van der Waals surface area contributed by atoms with Crippen molar-refractivity contribution in [2.45, 2.75) is 27.3 Å². The lowest BCUT2D eigenvalue weighted by Crippen LogP contribution is -2.33. The summed E-state index contributed by atoms with van der Waals surface area (Å²) in [6.07, 6.45) is 0. The molecule has 0 radical (unpaired) electrons. The Morgan fingerprint density at radius 1 is 1.05 bits per heavy atom. The number of carboxylic acid groups (broad SMARTS) is 1. The van der Waals surface area contributed by atoms with Crippen molar-refractivity contribution in [3.8, 4) is 0 Å². The minimum absolute atomic E-state index is 0.0636. The van der Waals surface area contributed by atoms with Crippen molar-refractivity contribution in [2.75, 3.05) is 5.32 Å². The summed E-state index contributed by atoms with van der Waals surface area (Å²) in [7, 11) is 0. The standard InChI is InChI=1S/C15H20N2O4/c1-9(2)13(18)17-12-6-4-11(5-7-12)8-16-14(19)10(3)15(20)21/h4-7,9-10H,8H2,1-3H3,(H,16,19)(H,17,18)(H,20,21). The van der Waals surface area contributed by atoms with Crippen LogP contribution in [0.3, 0.4) is 0 Å². The highest BCUT2D eigenvalue weighted by Gasteiger charge is 2.19. The topological polar surface area (TPSA) is 95.5 Å². The molecule has 0 aliphatic heterocycles. The Labute approximate surface area is 123 Å². The van der Waals surface area contributed by atoms with Gasteiger partial charge in [0.15, 0.2) is 0 Å². The number of carbonyl (C=O) groups is 3. The SMILES string of the molecule is CC(C)C(=O)Nc1ccc(CNC(=O)C(C)C(=O)O)cc1. The first-order valence-electron chi connectivity index (χ1n) is 6.71. The molecule has 21 heavy (non-hydrogen) atoms. The third-order valence-electron chi connectivity index (χ3n) is 2.98. The van der Waals surface area contributed by atoms with Gasteiger partial charge in [0.05, 0.1) is 0 Å². The van der Waals surface area contributed by atoms with Gasteiger partial charge in [-0.1, -0.05) is 26.0 Å². The van der Waals surface area contributed by atoms with Crippen molar-refractivity contribution in [3.63, 3.8) is 0 Å². The summed E-state index contributed by atoms with van der Waals surface area (Å²) in [6, 6.07) is 7.01. The predicted molar refractivity (Wildman–Crippen MR) is 78.6 cm³/mol. The van der Waals surface area contributed by atoms with E-state index < -0.39 is 17.8 Å². The average Bonchev–Trinajstić information content (AvgIpc) is 2.45. The largest absolute Gasteiger partial charge is 0.481 e. The van der Waals surface area contributed by atoms with Crippen molar-refractivity contribution >= 4 is 23.5 Å². The van der Waals surface area contributed by atoms with Crippen molar-refractivity contribution in [2.24, 2.45) is 11.8 Å². The summed E-state index contributed by atoms with van der Waals surface area (Å²) in [6.45, 7) is 5.20. The van der Waals surface area contributed by atoms with E-state index in [4.69, 9.17) is 5.11 Å². The molecule has 6 heteroatoms. The Kier molecular flexibility index (Phi) is 5.90. The second-order valence-corrected chi connectivity index (χ2v) is 5.12. The molecule has 0 aliphatic carbocycles. The molecule has 0 spiro atoms. The van der Waals surface area contributed by atoms with E-state index in [1.165, 1.54) is 6.92 Å². The quantitative estimate of drug-likeness (QED) is 0.694. The van der Waals surface area contributed by atoms with Crippen LogP contribution in [0.5, 0.6) is 0 Å². The normalized spacial score (nSPS) is 11.8. The fourth-order valence-electron chi connectivity index (χ4n) is 1.45. The Morgan fingerprint density at radius 2 is 1.62 bits per heavy atom. The molecule has 6 nitrogen and oxygen atoms in total. The number of hydrogen-bond acceptors (Lipinski definition) is 3. The van der Waals surface area contributed by atoms with Crippen molar-refractivity contribution in [3.05, 3.63) is 29.8 Å². The first kappa shape index (κ1) is 16.7. The molecule has 1 unspecified atom stereocenters. The molecule has 0 saturated carbocycles. The number of rotatable bonds is 6. The predicted octanol–water partition coefficient (Wildman–Crippen LogP) is 1.62. The highest BCUT2D eigenvalue weighted by molar-refractivity contribution is 5.96. The van der Waals surface area contributed by atoms with E-state index in [1.807, 2.05) is 13.8 Å². The Hall–Kier alpha value is -2.37. The van der Waals surface area contributed by atoms with Crippen molar-refractivity contribution in [1.29, 1.82) is 0 Å². The number of nitrogens with one attached hydrogen (secondary N) is 2.